The Morgan fingerprint density at radius 2 is 2.00 bits per heavy atom. The number of rotatable bonds is 6. The van der Waals surface area contributed by atoms with E-state index in [-0.39, 0.29) is 22.2 Å². The molecule has 0 bridgehead atoms. The number of carbonyl (C=O) groups excluding carboxylic acids is 2. The lowest BCUT2D eigenvalue weighted by molar-refractivity contribution is -0.116. The zero-order valence-corrected chi connectivity index (χ0v) is 18.5. The van der Waals surface area contributed by atoms with Crippen molar-refractivity contribution in [2.24, 2.45) is 0 Å². The third-order valence-corrected chi connectivity index (χ3v) is 5.32. The minimum atomic E-state index is -0.705. The van der Waals surface area contributed by atoms with Crippen LogP contribution < -0.4 is 15.0 Å². The van der Waals surface area contributed by atoms with Crippen molar-refractivity contribution in [3.05, 3.63) is 70.0 Å². The second-order valence-corrected chi connectivity index (χ2v) is 7.60. The minimum Gasteiger partial charge on any atom is -0.497 e. The van der Waals surface area contributed by atoms with Crippen LogP contribution in [0.15, 0.2) is 53.4 Å². The third-order valence-electron chi connectivity index (χ3n) is 4.18. The van der Waals surface area contributed by atoms with Gasteiger partial charge >= 0.3 is 0 Å². The zero-order chi connectivity index (χ0) is 23.3. The Hall–Kier alpha value is -3.74. The number of thiazole rings is 1. The number of benzene rings is 2. The van der Waals surface area contributed by atoms with E-state index in [1.54, 1.807) is 36.8 Å². The summed E-state index contributed by atoms with van der Waals surface area (Å²) in [4.78, 5) is 30.5. The van der Waals surface area contributed by atoms with Gasteiger partial charge in [-0.25, -0.2) is 9.37 Å². The molecule has 0 aliphatic carbocycles. The second kappa shape index (κ2) is 10.0. The summed E-state index contributed by atoms with van der Waals surface area (Å²) in [6.45, 7) is 1.41. The number of ether oxygens (including phenoxy) is 1. The highest BCUT2D eigenvalue weighted by atomic mass is 35.5. The van der Waals surface area contributed by atoms with E-state index >= 15 is 0 Å². The molecule has 0 saturated heterocycles. The average Bonchev–Trinajstić information content (AvgIpc) is 3.22. The van der Waals surface area contributed by atoms with Crippen LogP contribution in [0.25, 0.3) is 6.08 Å². The summed E-state index contributed by atoms with van der Waals surface area (Å²) in [6.07, 6.45) is 1.30. The number of methoxy groups -OCH3 is 1. The van der Waals surface area contributed by atoms with E-state index in [4.69, 9.17) is 16.3 Å². The maximum absolute atomic E-state index is 13.3. The highest BCUT2D eigenvalue weighted by Gasteiger charge is 2.19. The molecule has 0 spiro atoms. The molecule has 0 aliphatic rings. The monoisotopic (exact) mass is 470 g/mol. The van der Waals surface area contributed by atoms with Crippen molar-refractivity contribution in [2.45, 2.75) is 6.92 Å². The average molecular weight is 471 g/mol. The lowest BCUT2D eigenvalue weighted by atomic mass is 10.2. The second-order valence-electron chi connectivity index (χ2n) is 6.36. The molecule has 32 heavy (non-hydrogen) atoms. The largest absolute Gasteiger partial charge is 0.497 e. The lowest BCUT2D eigenvalue weighted by Gasteiger charge is -2.18. The van der Waals surface area contributed by atoms with Crippen LogP contribution in [0.2, 0.25) is 5.02 Å². The molecule has 1 N–H and O–H groups in total. The molecule has 0 radical (unpaired) electrons. The SMILES string of the molecule is COc1ccc(N(C(C)=O)c2nc(/C=C(\C#N)C(=O)Nc3ccc(F)c(Cl)c3)cs2)cc1. The number of amides is 2. The predicted molar refractivity (Wildman–Crippen MR) is 122 cm³/mol. The van der Waals surface area contributed by atoms with Crippen LogP contribution >= 0.6 is 22.9 Å². The van der Waals surface area contributed by atoms with Crippen molar-refractivity contribution in [1.82, 2.24) is 4.98 Å². The number of nitrogens with zero attached hydrogens (tertiary/aromatic N) is 3. The molecule has 162 valence electrons. The number of halogens is 2. The van der Waals surface area contributed by atoms with E-state index in [0.717, 1.165) is 6.07 Å². The Labute approximate surface area is 192 Å². The number of hydrogen-bond donors (Lipinski definition) is 1. The van der Waals surface area contributed by atoms with Gasteiger partial charge in [0.2, 0.25) is 5.91 Å². The van der Waals surface area contributed by atoms with Gasteiger partial charge in [-0.2, -0.15) is 5.26 Å². The van der Waals surface area contributed by atoms with Gasteiger partial charge in [-0.05, 0) is 48.5 Å². The first-order valence-electron chi connectivity index (χ1n) is 9.11. The van der Waals surface area contributed by atoms with Crippen LogP contribution in [-0.2, 0) is 9.59 Å². The fourth-order valence-corrected chi connectivity index (χ4v) is 3.70. The van der Waals surface area contributed by atoms with E-state index in [1.165, 1.54) is 41.4 Å². The predicted octanol–water partition coefficient (Wildman–Crippen LogP) is 5.17. The van der Waals surface area contributed by atoms with Crippen LogP contribution in [0.3, 0.4) is 0 Å². The molecule has 1 heterocycles. The summed E-state index contributed by atoms with van der Waals surface area (Å²) in [7, 11) is 1.55. The van der Waals surface area contributed by atoms with Crippen LogP contribution in [0, 0.1) is 17.1 Å². The van der Waals surface area contributed by atoms with Gasteiger partial charge in [0.25, 0.3) is 5.91 Å². The summed E-state index contributed by atoms with van der Waals surface area (Å²) in [5.74, 6) is -0.940. The normalized spacial score (nSPS) is 10.9. The Morgan fingerprint density at radius 3 is 2.59 bits per heavy atom. The molecule has 2 amide bonds. The molecule has 3 aromatic rings. The van der Waals surface area contributed by atoms with Gasteiger partial charge in [-0.3, -0.25) is 14.5 Å². The van der Waals surface area contributed by atoms with Gasteiger partial charge in [-0.1, -0.05) is 11.6 Å². The van der Waals surface area contributed by atoms with Crippen molar-refractivity contribution in [2.75, 3.05) is 17.3 Å². The number of hydrogen-bond acceptors (Lipinski definition) is 6. The molecular weight excluding hydrogens is 455 g/mol. The van der Waals surface area contributed by atoms with Gasteiger partial charge in [0, 0.05) is 18.0 Å². The highest BCUT2D eigenvalue weighted by molar-refractivity contribution is 7.14. The number of aromatic nitrogens is 1. The van der Waals surface area contributed by atoms with Crippen molar-refractivity contribution < 1.29 is 18.7 Å². The molecule has 10 heteroatoms. The first kappa shape index (κ1) is 22.9. The highest BCUT2D eigenvalue weighted by Crippen LogP contribution is 2.30. The van der Waals surface area contributed by atoms with E-state index in [9.17, 15) is 19.2 Å². The van der Waals surface area contributed by atoms with Gasteiger partial charge in [0.15, 0.2) is 5.13 Å². The minimum absolute atomic E-state index is 0.155. The van der Waals surface area contributed by atoms with Gasteiger partial charge in [0.1, 0.15) is 23.2 Å². The Kier molecular flexibility index (Phi) is 7.20. The van der Waals surface area contributed by atoms with E-state index < -0.39 is 11.7 Å². The number of nitriles is 1. The maximum atomic E-state index is 13.3. The molecule has 0 aliphatic heterocycles. The van der Waals surface area contributed by atoms with Crippen molar-refractivity contribution in [1.29, 1.82) is 5.26 Å². The summed E-state index contributed by atoms with van der Waals surface area (Å²) in [5, 5.41) is 13.7. The van der Waals surface area contributed by atoms with Crippen LogP contribution in [0.1, 0.15) is 12.6 Å². The fraction of sp³-hybridized carbons (Fsp3) is 0.0909. The molecule has 1 aromatic heterocycles. The Bertz CT molecular complexity index is 1230. The van der Waals surface area contributed by atoms with Crippen LogP contribution in [0.5, 0.6) is 5.75 Å². The van der Waals surface area contributed by atoms with Crippen LogP contribution in [-0.4, -0.2) is 23.9 Å². The smallest absolute Gasteiger partial charge is 0.266 e. The molecule has 0 atom stereocenters. The molecule has 7 nitrogen and oxygen atoms in total. The summed E-state index contributed by atoms with van der Waals surface area (Å²) < 4.78 is 18.4. The third kappa shape index (κ3) is 5.29. The fourth-order valence-electron chi connectivity index (χ4n) is 2.67. The molecule has 3 rings (SSSR count). The zero-order valence-electron chi connectivity index (χ0n) is 16.9. The summed E-state index contributed by atoms with van der Waals surface area (Å²) in [6, 6.07) is 12.4. The van der Waals surface area contributed by atoms with E-state index in [2.05, 4.69) is 10.3 Å². The van der Waals surface area contributed by atoms with Gasteiger partial charge in [0.05, 0.1) is 23.5 Å². The van der Waals surface area contributed by atoms with E-state index in [0.29, 0.717) is 22.3 Å². The van der Waals surface area contributed by atoms with Crippen molar-refractivity contribution >= 4 is 57.3 Å². The Balaban J connectivity index is 1.83. The molecule has 0 unspecified atom stereocenters. The Morgan fingerprint density at radius 1 is 1.28 bits per heavy atom. The summed E-state index contributed by atoms with van der Waals surface area (Å²) >= 11 is 6.89. The first-order chi connectivity index (χ1) is 15.3. The number of carbonyl (C=O) groups is 2. The summed E-state index contributed by atoms with van der Waals surface area (Å²) in [5.41, 5.74) is 0.938. The quantitative estimate of drug-likeness (QED) is 0.396. The van der Waals surface area contributed by atoms with Crippen LogP contribution in [0.4, 0.5) is 20.9 Å². The van der Waals surface area contributed by atoms with Gasteiger partial charge in [-0.15, -0.1) is 11.3 Å². The van der Waals surface area contributed by atoms with Crippen molar-refractivity contribution in [3.8, 4) is 11.8 Å². The molecule has 2 aromatic carbocycles. The van der Waals surface area contributed by atoms with Gasteiger partial charge < -0.3 is 10.1 Å². The lowest BCUT2D eigenvalue weighted by Crippen LogP contribution is -2.22. The number of anilines is 3. The topological polar surface area (TPSA) is 95.3 Å². The van der Waals surface area contributed by atoms with E-state index in [1.807, 2.05) is 6.07 Å². The standard InChI is InChI=1S/C22H16ClFN4O3S/c1-13(29)28(17-4-6-18(31-2)7-5-17)22-27-16(12-32-22)9-14(11-25)21(30)26-15-3-8-20(24)19(23)10-15/h3-10,12H,1-2H3,(H,26,30)/b14-9+. The maximum Gasteiger partial charge on any atom is 0.266 e. The van der Waals surface area contributed by atoms with Crippen molar-refractivity contribution in [3.63, 3.8) is 0 Å². The molecular formula is C22H16ClFN4O3S. The molecule has 0 saturated carbocycles. The molecule has 0 fully saturated rings. The first-order valence-corrected chi connectivity index (χ1v) is 10.4. The number of nitrogens with one attached hydrogen (secondary N) is 1.